The fraction of sp³-hybridized carbons (Fsp3) is 0.138. The van der Waals surface area contributed by atoms with Crippen LogP contribution in [0, 0.1) is 5.82 Å². The Bertz CT molecular complexity index is 1770. The number of fused-ring (bicyclic) bond motifs is 2. The molecule has 0 saturated heterocycles. The van der Waals surface area contributed by atoms with E-state index in [4.69, 9.17) is 4.98 Å². The molecule has 0 saturated carbocycles. The van der Waals surface area contributed by atoms with Gasteiger partial charge in [-0.15, -0.1) is 0 Å². The van der Waals surface area contributed by atoms with Crippen molar-refractivity contribution in [3.8, 4) is 39.5 Å². The predicted octanol–water partition coefficient (Wildman–Crippen LogP) is 5.65. The lowest BCUT2D eigenvalue weighted by Crippen LogP contribution is -2.20. The van der Waals surface area contributed by atoms with Gasteiger partial charge in [-0.3, -0.25) is 10.1 Å². The monoisotopic (exact) mass is 507 g/mol. The van der Waals surface area contributed by atoms with Crippen molar-refractivity contribution in [2.75, 3.05) is 32.5 Å². The van der Waals surface area contributed by atoms with E-state index in [1.165, 1.54) is 12.3 Å². The van der Waals surface area contributed by atoms with Crippen LogP contribution >= 0.6 is 0 Å². The van der Waals surface area contributed by atoms with E-state index in [9.17, 15) is 9.50 Å². The first kappa shape index (κ1) is 23.6. The molecule has 6 aromatic rings. The van der Waals surface area contributed by atoms with Crippen LogP contribution in [0.2, 0.25) is 0 Å². The van der Waals surface area contributed by atoms with Crippen LogP contribution in [0.15, 0.2) is 73.1 Å². The van der Waals surface area contributed by atoms with Crippen LogP contribution in [0.3, 0.4) is 0 Å². The first-order valence-corrected chi connectivity index (χ1v) is 12.3. The molecule has 2 aromatic carbocycles. The van der Waals surface area contributed by atoms with Gasteiger partial charge in [0.05, 0.1) is 23.1 Å². The molecule has 4 heterocycles. The number of anilines is 1. The molecule has 4 N–H and O–H groups in total. The predicted molar refractivity (Wildman–Crippen MR) is 149 cm³/mol. The minimum absolute atomic E-state index is 0.0772. The van der Waals surface area contributed by atoms with E-state index in [1.807, 2.05) is 56.6 Å². The maximum Gasteiger partial charge on any atom is 0.135 e. The molecule has 0 aliphatic heterocycles. The summed E-state index contributed by atoms with van der Waals surface area (Å²) in [6.07, 6.45) is 3.04. The number of nitrogens with zero attached hydrogens (tertiary/aromatic N) is 4. The molecule has 190 valence electrons. The molecule has 6 rings (SSSR count). The minimum atomic E-state index is -0.293. The first-order chi connectivity index (χ1) is 18.4. The molecule has 9 heteroatoms. The van der Waals surface area contributed by atoms with Gasteiger partial charge in [0.15, 0.2) is 0 Å². The third-order valence-electron chi connectivity index (χ3n) is 6.44. The summed E-state index contributed by atoms with van der Waals surface area (Å²) in [5.41, 5.74) is 7.68. The molecule has 0 aliphatic rings. The summed E-state index contributed by atoms with van der Waals surface area (Å²) in [7, 11) is 4.01. The van der Waals surface area contributed by atoms with Gasteiger partial charge in [-0.2, -0.15) is 5.10 Å². The summed E-state index contributed by atoms with van der Waals surface area (Å²) >= 11 is 0. The zero-order valence-electron chi connectivity index (χ0n) is 21.0. The summed E-state index contributed by atoms with van der Waals surface area (Å²) in [5, 5.41) is 21.7. The highest BCUT2D eigenvalue weighted by atomic mass is 19.1. The van der Waals surface area contributed by atoms with Gasteiger partial charge >= 0.3 is 0 Å². The first-order valence-electron chi connectivity index (χ1n) is 12.3. The van der Waals surface area contributed by atoms with Gasteiger partial charge in [-0.05, 0) is 73.8 Å². The van der Waals surface area contributed by atoms with Crippen LogP contribution in [0.5, 0.6) is 5.75 Å². The summed E-state index contributed by atoms with van der Waals surface area (Å²) < 4.78 is 14.6. The van der Waals surface area contributed by atoms with Crippen molar-refractivity contribution < 1.29 is 9.50 Å². The van der Waals surface area contributed by atoms with Gasteiger partial charge in [0.1, 0.15) is 22.8 Å². The third-order valence-corrected chi connectivity index (χ3v) is 6.44. The molecular weight excluding hydrogens is 481 g/mol. The van der Waals surface area contributed by atoms with Crippen LogP contribution in [0.4, 0.5) is 10.1 Å². The van der Waals surface area contributed by atoms with Crippen LogP contribution < -0.4 is 5.32 Å². The van der Waals surface area contributed by atoms with Crippen LogP contribution in [0.1, 0.15) is 0 Å². The number of hydrogen-bond donors (Lipinski definition) is 4. The lowest BCUT2D eigenvalue weighted by atomic mass is 10.0. The van der Waals surface area contributed by atoms with E-state index in [-0.39, 0.29) is 11.6 Å². The Labute approximate surface area is 218 Å². The van der Waals surface area contributed by atoms with Crippen molar-refractivity contribution >= 4 is 27.6 Å². The Kier molecular flexibility index (Phi) is 5.97. The molecule has 0 spiro atoms. The van der Waals surface area contributed by atoms with Crippen LogP contribution in [0.25, 0.3) is 55.7 Å². The number of hydrogen-bond acceptors (Lipinski definition) is 6. The quantitative estimate of drug-likeness (QED) is 0.222. The Morgan fingerprint density at radius 2 is 1.87 bits per heavy atom. The lowest BCUT2D eigenvalue weighted by molar-refractivity contribution is 0.425. The molecule has 8 nitrogen and oxygen atoms in total. The fourth-order valence-corrected chi connectivity index (χ4v) is 4.62. The average Bonchev–Trinajstić information content (AvgIpc) is 3.51. The molecule has 0 fully saturated rings. The van der Waals surface area contributed by atoms with Crippen molar-refractivity contribution in [3.63, 3.8) is 0 Å². The zero-order valence-corrected chi connectivity index (χ0v) is 21.0. The highest BCUT2D eigenvalue weighted by Gasteiger charge is 2.16. The zero-order chi connectivity index (χ0) is 26.2. The molecular formula is C29H26FN7O. The van der Waals surface area contributed by atoms with E-state index < -0.39 is 0 Å². The molecule has 0 aliphatic carbocycles. The van der Waals surface area contributed by atoms with Gasteiger partial charge < -0.3 is 20.3 Å². The Hall–Kier alpha value is -4.76. The molecule has 0 bridgehead atoms. The van der Waals surface area contributed by atoms with Crippen LogP contribution in [-0.2, 0) is 0 Å². The molecule has 0 atom stereocenters. The van der Waals surface area contributed by atoms with Gasteiger partial charge in [-0.25, -0.2) is 9.37 Å². The number of benzene rings is 2. The minimum Gasteiger partial charge on any atom is -0.506 e. The summed E-state index contributed by atoms with van der Waals surface area (Å²) in [6, 6.07) is 18.4. The number of nitrogens with one attached hydrogen (secondary N) is 3. The van der Waals surface area contributed by atoms with E-state index in [0.29, 0.717) is 29.0 Å². The topological polar surface area (TPSA) is 106 Å². The maximum absolute atomic E-state index is 14.6. The number of aromatic amines is 2. The van der Waals surface area contributed by atoms with E-state index >= 15 is 0 Å². The van der Waals surface area contributed by atoms with Crippen molar-refractivity contribution in [2.45, 2.75) is 0 Å². The fourth-order valence-electron chi connectivity index (χ4n) is 4.62. The highest BCUT2D eigenvalue weighted by Crippen LogP contribution is 2.35. The number of pyridine rings is 2. The van der Waals surface area contributed by atoms with E-state index in [1.54, 1.807) is 18.3 Å². The number of H-pyrrole nitrogens is 2. The van der Waals surface area contributed by atoms with Gasteiger partial charge in [0.2, 0.25) is 0 Å². The Morgan fingerprint density at radius 3 is 2.71 bits per heavy atom. The molecule has 4 aromatic heterocycles. The van der Waals surface area contributed by atoms with Gasteiger partial charge in [0, 0.05) is 41.4 Å². The van der Waals surface area contributed by atoms with Gasteiger partial charge in [-0.1, -0.05) is 12.1 Å². The number of halogens is 1. The summed E-state index contributed by atoms with van der Waals surface area (Å²) in [5.74, 6) is -0.215. The maximum atomic E-state index is 14.6. The molecule has 0 amide bonds. The van der Waals surface area contributed by atoms with Crippen molar-refractivity contribution in [2.24, 2.45) is 0 Å². The number of rotatable bonds is 7. The number of aromatic nitrogens is 5. The summed E-state index contributed by atoms with van der Waals surface area (Å²) in [6.45, 7) is 1.56. The largest absolute Gasteiger partial charge is 0.506 e. The standard InChI is InChI=1S/C29H26FN7O/c1-37(2)9-8-32-20-11-17(10-19(30)13-20)22-4-3-5-25-23(22)14-27(33-25)29-28-26(35-36-29)7-6-24(34-28)18-12-21(38)16-31-15-18/h3-7,10-16,32-33,38H,8-9H2,1-2H3,(H,35,36). The number of aromatic hydroxyl groups is 1. The SMILES string of the molecule is CN(C)CCNc1cc(F)cc(-c2cccc3[nH]c(-c4n[nH]c5ccc(-c6cncc(O)c6)nc45)cc23)c1. The molecule has 0 radical (unpaired) electrons. The third kappa shape index (κ3) is 4.55. The van der Waals surface area contributed by atoms with E-state index in [0.717, 1.165) is 45.5 Å². The van der Waals surface area contributed by atoms with Crippen molar-refractivity contribution in [1.29, 1.82) is 0 Å². The highest BCUT2D eigenvalue weighted by molar-refractivity contribution is 6.00. The Morgan fingerprint density at radius 1 is 0.974 bits per heavy atom. The van der Waals surface area contributed by atoms with Crippen molar-refractivity contribution in [1.82, 2.24) is 30.0 Å². The molecule has 38 heavy (non-hydrogen) atoms. The van der Waals surface area contributed by atoms with Crippen molar-refractivity contribution in [3.05, 3.63) is 78.9 Å². The normalized spacial score (nSPS) is 11.6. The molecule has 0 unspecified atom stereocenters. The van der Waals surface area contributed by atoms with E-state index in [2.05, 4.69) is 30.4 Å². The number of likely N-dealkylation sites (N-methyl/N-ethyl adjacent to an activating group) is 1. The summed E-state index contributed by atoms with van der Waals surface area (Å²) in [4.78, 5) is 14.4. The smallest absolute Gasteiger partial charge is 0.135 e. The van der Waals surface area contributed by atoms with Crippen LogP contribution in [-0.4, -0.2) is 62.3 Å². The Balaban J connectivity index is 1.40. The second-order valence-electron chi connectivity index (χ2n) is 9.51. The second-order valence-corrected chi connectivity index (χ2v) is 9.51. The lowest BCUT2D eigenvalue weighted by Gasteiger charge is -2.13. The second kappa shape index (κ2) is 9.60. The van der Waals surface area contributed by atoms with Gasteiger partial charge in [0.25, 0.3) is 0 Å². The average molecular weight is 508 g/mol.